The van der Waals surface area contributed by atoms with Crippen LogP contribution in [0.25, 0.3) is 22.0 Å². The number of esters is 1. The zero-order valence-corrected chi connectivity index (χ0v) is 25.8. The number of pyridine rings is 1. The number of carbonyl (C=O) groups is 1. The first-order chi connectivity index (χ1) is 21.5. The van der Waals surface area contributed by atoms with E-state index in [9.17, 15) is 4.79 Å². The number of likely N-dealkylation sites (tertiary alicyclic amines) is 1. The molecule has 0 amide bonds. The van der Waals surface area contributed by atoms with Crippen molar-refractivity contribution in [1.29, 1.82) is 0 Å². The lowest BCUT2D eigenvalue weighted by atomic mass is 9.90. The minimum atomic E-state index is -0.353. The quantitative estimate of drug-likeness (QED) is 0.160. The second-order valence-electron chi connectivity index (χ2n) is 11.4. The van der Waals surface area contributed by atoms with Crippen LogP contribution in [-0.2, 0) is 29.2 Å². The summed E-state index contributed by atoms with van der Waals surface area (Å²) in [7, 11) is 1.40. The van der Waals surface area contributed by atoms with Crippen LogP contribution >= 0.6 is 23.2 Å². The highest BCUT2D eigenvalue weighted by molar-refractivity contribution is 6.36. The molecule has 2 fully saturated rings. The van der Waals surface area contributed by atoms with E-state index in [0.29, 0.717) is 41.1 Å². The van der Waals surface area contributed by atoms with Gasteiger partial charge in [0, 0.05) is 35.4 Å². The lowest BCUT2D eigenvalue weighted by Gasteiger charge is -2.33. The van der Waals surface area contributed by atoms with Crippen molar-refractivity contribution >= 4 is 51.2 Å². The summed E-state index contributed by atoms with van der Waals surface area (Å²) in [5, 5.41) is 1.64. The number of hydrogen-bond acceptors (Lipinski definition) is 8. The van der Waals surface area contributed by atoms with Gasteiger partial charge in [-0.05, 0) is 80.2 Å². The first-order valence-electron chi connectivity index (χ1n) is 14.8. The fourth-order valence-corrected chi connectivity index (χ4v) is 6.58. The highest BCUT2D eigenvalue weighted by Crippen LogP contribution is 2.36. The number of benzene rings is 2. The molecule has 2 aromatic carbocycles. The fraction of sp³-hybridized carbons (Fsp3) is 0.364. The van der Waals surface area contributed by atoms with Gasteiger partial charge in [0.1, 0.15) is 18.0 Å². The maximum Gasteiger partial charge on any atom is 0.337 e. The van der Waals surface area contributed by atoms with Gasteiger partial charge in [-0.1, -0.05) is 23.7 Å². The zero-order valence-electron chi connectivity index (χ0n) is 24.3. The molecule has 1 atom stereocenters. The molecule has 5 aromatic rings. The van der Waals surface area contributed by atoms with Gasteiger partial charge in [-0.2, -0.15) is 0 Å². The summed E-state index contributed by atoms with van der Waals surface area (Å²) in [6.45, 7) is 4.34. The Morgan fingerprint density at radius 3 is 2.70 bits per heavy atom. The third-order valence-corrected chi connectivity index (χ3v) is 9.18. The van der Waals surface area contributed by atoms with Gasteiger partial charge >= 0.3 is 5.97 Å². The van der Waals surface area contributed by atoms with E-state index in [2.05, 4.69) is 20.5 Å². The van der Waals surface area contributed by atoms with E-state index in [1.54, 1.807) is 18.3 Å². The van der Waals surface area contributed by atoms with Gasteiger partial charge in [0.15, 0.2) is 5.22 Å². The van der Waals surface area contributed by atoms with Crippen LogP contribution in [0.3, 0.4) is 0 Å². The van der Waals surface area contributed by atoms with E-state index >= 15 is 0 Å². The maximum absolute atomic E-state index is 12.2. The Balaban J connectivity index is 1.05. The number of rotatable bonds is 9. The zero-order chi connectivity index (χ0) is 30.2. The molecule has 2 aliphatic rings. The number of methoxy groups -OCH3 is 1. The highest BCUT2D eigenvalue weighted by atomic mass is 35.5. The Labute approximate surface area is 264 Å². The minimum Gasteiger partial charge on any atom is -0.472 e. The molecule has 44 heavy (non-hydrogen) atoms. The number of aromatic nitrogens is 3. The predicted octanol–water partition coefficient (Wildman–Crippen LogP) is 7.02. The third-order valence-electron chi connectivity index (χ3n) is 8.67. The average Bonchev–Trinajstić information content (AvgIpc) is 3.58. The molecule has 0 N–H and O–H groups in total. The Morgan fingerprint density at radius 1 is 1.09 bits per heavy atom. The van der Waals surface area contributed by atoms with Crippen LogP contribution in [0.15, 0.2) is 59.1 Å². The molecule has 0 radical (unpaired) electrons. The van der Waals surface area contributed by atoms with Crippen LogP contribution < -0.4 is 4.74 Å². The van der Waals surface area contributed by atoms with E-state index in [0.717, 1.165) is 78.9 Å². The van der Waals surface area contributed by atoms with Crippen molar-refractivity contribution in [2.45, 2.75) is 51.0 Å². The molecule has 228 valence electrons. The van der Waals surface area contributed by atoms with E-state index in [1.165, 1.54) is 7.11 Å². The van der Waals surface area contributed by atoms with Gasteiger partial charge < -0.3 is 23.2 Å². The second kappa shape index (κ2) is 12.4. The molecule has 11 heteroatoms. The van der Waals surface area contributed by atoms with Crippen LogP contribution in [0.4, 0.5) is 0 Å². The lowest BCUT2D eigenvalue weighted by molar-refractivity contribution is -0.0592. The van der Waals surface area contributed by atoms with Crippen molar-refractivity contribution in [2.75, 3.05) is 26.8 Å². The van der Waals surface area contributed by atoms with Crippen LogP contribution in [0.2, 0.25) is 10.2 Å². The Kier molecular flexibility index (Phi) is 8.20. The summed E-state index contributed by atoms with van der Waals surface area (Å²) in [6, 6.07) is 15.1. The van der Waals surface area contributed by atoms with Gasteiger partial charge in [0.05, 0.1) is 47.9 Å². The van der Waals surface area contributed by atoms with Gasteiger partial charge in [-0.15, -0.1) is 0 Å². The predicted molar refractivity (Wildman–Crippen MR) is 167 cm³/mol. The third kappa shape index (κ3) is 5.77. The Hall–Kier alpha value is -3.63. The van der Waals surface area contributed by atoms with Crippen LogP contribution in [0.1, 0.15) is 52.5 Å². The van der Waals surface area contributed by atoms with Crippen molar-refractivity contribution in [2.24, 2.45) is 0 Å². The number of hydrogen-bond donors (Lipinski definition) is 0. The molecule has 9 nitrogen and oxygen atoms in total. The molecule has 0 saturated carbocycles. The standard InChI is InChI=1S/C33H32Cl2N4O5/c1-41-33(40)21-5-7-27-28(15-21)39(17-23-10-14-42-23)30(37-27)18-38-12-8-20(9-13-38)24-3-2-11-36-32(24)43-19-22-4-6-26(34)25-16-29(35)44-31(22)25/h2-7,11,15-16,20,23H,8-10,12-14,17-19H2,1H3/t23-/m0/s1. The number of ether oxygens (including phenoxy) is 3. The fourth-order valence-electron chi connectivity index (χ4n) is 6.19. The first kappa shape index (κ1) is 29.1. The molecular formula is C33H32Cl2N4O5. The normalized spacial score (nSPS) is 17.7. The summed E-state index contributed by atoms with van der Waals surface area (Å²) in [6.07, 6.45) is 4.89. The second-order valence-corrected chi connectivity index (χ2v) is 12.1. The molecular weight excluding hydrogens is 603 g/mol. The van der Waals surface area contributed by atoms with Crippen LogP contribution in [-0.4, -0.2) is 58.3 Å². The van der Waals surface area contributed by atoms with Crippen molar-refractivity contribution in [1.82, 2.24) is 19.4 Å². The number of nitrogens with zero attached hydrogens (tertiary/aromatic N) is 4. The molecule has 5 heterocycles. The van der Waals surface area contributed by atoms with Gasteiger partial charge in [-0.25, -0.2) is 14.8 Å². The van der Waals surface area contributed by atoms with Crippen LogP contribution in [0.5, 0.6) is 5.88 Å². The highest BCUT2D eigenvalue weighted by Gasteiger charge is 2.27. The first-order valence-corrected chi connectivity index (χ1v) is 15.6. The van der Waals surface area contributed by atoms with Gasteiger partial charge in [-0.3, -0.25) is 4.90 Å². The SMILES string of the molecule is COC(=O)c1ccc2nc(CN3CCC(c4cccnc4OCc4ccc(Cl)c5cc(Cl)oc45)CC3)n(C[C@@H]3CCO3)c2c1. The molecule has 0 spiro atoms. The largest absolute Gasteiger partial charge is 0.472 e. The number of furan rings is 1. The van der Waals surface area contributed by atoms with Crippen molar-refractivity contribution < 1.29 is 23.4 Å². The smallest absolute Gasteiger partial charge is 0.337 e. The molecule has 0 bridgehead atoms. The Bertz CT molecular complexity index is 1820. The molecule has 2 saturated heterocycles. The summed E-state index contributed by atoms with van der Waals surface area (Å²) in [4.78, 5) is 24.2. The Morgan fingerprint density at radius 2 is 1.93 bits per heavy atom. The summed E-state index contributed by atoms with van der Waals surface area (Å²) in [5.41, 5.74) is 4.92. The van der Waals surface area contributed by atoms with Gasteiger partial charge in [0.2, 0.25) is 5.88 Å². The number of fused-ring (bicyclic) bond motifs is 2. The number of carbonyl (C=O) groups excluding carboxylic acids is 1. The maximum atomic E-state index is 12.2. The van der Waals surface area contributed by atoms with Crippen molar-refractivity contribution in [3.8, 4) is 5.88 Å². The summed E-state index contributed by atoms with van der Waals surface area (Å²) < 4.78 is 24.9. The summed E-state index contributed by atoms with van der Waals surface area (Å²) in [5.74, 6) is 1.58. The monoisotopic (exact) mass is 634 g/mol. The minimum absolute atomic E-state index is 0.163. The lowest BCUT2D eigenvalue weighted by Crippen LogP contribution is -2.35. The van der Waals surface area contributed by atoms with E-state index in [1.807, 2.05) is 30.3 Å². The van der Waals surface area contributed by atoms with Crippen LogP contribution in [0, 0.1) is 0 Å². The molecule has 3 aromatic heterocycles. The topological polar surface area (TPSA) is 91.9 Å². The molecule has 7 rings (SSSR count). The van der Waals surface area contributed by atoms with Crippen molar-refractivity contribution in [3.63, 3.8) is 0 Å². The molecule has 0 aliphatic carbocycles. The van der Waals surface area contributed by atoms with E-state index in [-0.39, 0.29) is 17.3 Å². The average molecular weight is 636 g/mol. The van der Waals surface area contributed by atoms with Crippen molar-refractivity contribution in [3.05, 3.63) is 87.5 Å². The molecule has 0 unspecified atom stereocenters. The summed E-state index contributed by atoms with van der Waals surface area (Å²) >= 11 is 12.4. The molecule has 2 aliphatic heterocycles. The van der Waals surface area contributed by atoms with Gasteiger partial charge in [0.25, 0.3) is 0 Å². The number of halogens is 2. The number of piperidine rings is 1. The van der Waals surface area contributed by atoms with E-state index in [4.69, 9.17) is 46.8 Å². The number of imidazole rings is 1. The van der Waals surface area contributed by atoms with E-state index < -0.39 is 0 Å².